The smallest absolute Gasteiger partial charge is 0.343 e. The van der Waals surface area contributed by atoms with E-state index >= 15 is 0 Å². The highest BCUT2D eigenvalue weighted by Gasteiger charge is 2.29. The van der Waals surface area contributed by atoms with Gasteiger partial charge >= 0.3 is 17.9 Å². The first-order valence-electron chi connectivity index (χ1n) is 40.0. The number of ether oxygens (including phenoxy) is 2. The maximum Gasteiger partial charge on any atom is 0.343 e. The van der Waals surface area contributed by atoms with Gasteiger partial charge in [-0.25, -0.2) is 48.3 Å². The number of carbonyl (C=O) groups excluding carboxylic acids is 6. The number of anilines is 6. The molecule has 0 spiro atoms. The number of aryl methyl sites for hydroxylation is 10. The molecule has 0 atom stereocenters. The van der Waals surface area contributed by atoms with Gasteiger partial charge in [0.2, 0.25) is 0 Å². The Balaban J connectivity index is 0.000000157. The van der Waals surface area contributed by atoms with Crippen molar-refractivity contribution in [2.75, 3.05) is 48.6 Å². The van der Waals surface area contributed by atoms with E-state index in [0.717, 1.165) is 9.36 Å². The summed E-state index contributed by atoms with van der Waals surface area (Å²) in [6, 6.07) is 20.1. The number of azo groups is 6. The first-order chi connectivity index (χ1) is 65.7. The lowest BCUT2D eigenvalue weighted by atomic mass is 10.1. The molecule has 0 radical (unpaired) electrons. The first-order valence-corrected chi connectivity index (χ1v) is 40.0. The van der Waals surface area contributed by atoms with Crippen LogP contribution in [-0.2, 0) is 37.7 Å². The van der Waals surface area contributed by atoms with E-state index in [-0.39, 0.29) is 150 Å². The van der Waals surface area contributed by atoms with Crippen LogP contribution in [0.5, 0.6) is 6.01 Å². The fourth-order valence-corrected chi connectivity index (χ4v) is 13.0. The third-order valence-corrected chi connectivity index (χ3v) is 20.0. The number of aromatic hydroxyl groups is 1. The topological polar surface area (TPSA) is 771 Å². The molecule has 17 rings (SSSR count). The molecule has 692 valence electrons. The molecule has 0 amide bonds. The number of esters is 2. The molecular formula is C79H77N49O9. The molecule has 0 bridgehead atoms. The van der Waals surface area contributed by atoms with Crippen LogP contribution in [0, 0.1) is 41.5 Å². The van der Waals surface area contributed by atoms with Crippen molar-refractivity contribution in [3.05, 3.63) is 201 Å². The molecule has 58 heteroatoms. The van der Waals surface area contributed by atoms with Gasteiger partial charge in [0.05, 0.1) is 108 Å². The van der Waals surface area contributed by atoms with Gasteiger partial charge < -0.3 is 49.0 Å². The number of carbonyl (C=O) groups is 6. The molecule has 58 nitrogen and oxygen atoms in total. The Bertz CT molecular complexity index is 7340. The molecule has 0 fully saturated rings. The van der Waals surface area contributed by atoms with E-state index in [1.807, 2.05) is 12.1 Å². The molecule has 15 heterocycles. The Morgan fingerprint density at radius 2 is 0.606 bits per heavy atom. The summed E-state index contributed by atoms with van der Waals surface area (Å²) in [5.41, 5.74) is 44.5. The first kappa shape index (κ1) is 91.7. The van der Waals surface area contributed by atoms with Crippen LogP contribution in [0.15, 0.2) is 184 Å². The summed E-state index contributed by atoms with van der Waals surface area (Å²) in [7, 11) is 9.06. The summed E-state index contributed by atoms with van der Waals surface area (Å²) in [5, 5.41) is 116. The van der Waals surface area contributed by atoms with Gasteiger partial charge in [0, 0.05) is 51.5 Å². The highest BCUT2D eigenvalue weighted by Crippen LogP contribution is 2.40. The van der Waals surface area contributed by atoms with Crippen LogP contribution >= 0.6 is 0 Å². The normalized spacial score (nSPS) is 11.6. The second-order valence-electron chi connectivity index (χ2n) is 29.1. The minimum absolute atomic E-state index is 0.0324. The highest BCUT2D eigenvalue weighted by molar-refractivity contribution is 6.12. The summed E-state index contributed by atoms with van der Waals surface area (Å²) in [6.45, 7) is 12.9. The number of aromatic amines is 2. The lowest BCUT2D eigenvalue weighted by Gasteiger charge is -2.06. The number of aromatic nitrogens is 31. The highest BCUT2D eigenvalue weighted by atomic mass is 16.5. The van der Waals surface area contributed by atoms with E-state index in [4.69, 9.17) is 34.4 Å². The molecular weight excluding hydrogens is 1780 g/mol. The number of nitrogens with one attached hydrogen (secondary N) is 2. The maximum absolute atomic E-state index is 13.1. The van der Waals surface area contributed by atoms with Crippen LogP contribution in [0.3, 0.4) is 0 Å². The minimum Gasteiger partial charge on any atom is -0.479 e. The summed E-state index contributed by atoms with van der Waals surface area (Å²) < 4.78 is 22.9. The van der Waals surface area contributed by atoms with E-state index < -0.39 is 17.9 Å². The van der Waals surface area contributed by atoms with Gasteiger partial charge in [0.15, 0.2) is 150 Å². The van der Waals surface area contributed by atoms with Crippen molar-refractivity contribution in [1.82, 2.24) is 153 Å². The number of nitrogens with two attached hydrogens (primary N) is 6. The molecule has 15 N–H and O–H groups in total. The second-order valence-corrected chi connectivity index (χ2v) is 29.1. The predicted molar refractivity (Wildman–Crippen MR) is 481 cm³/mol. The molecule has 0 aliphatic carbocycles. The number of H-pyrrole nitrogens is 2. The van der Waals surface area contributed by atoms with E-state index in [9.17, 15) is 33.9 Å². The number of hydrogen-bond donors (Lipinski definition) is 9. The average molecular weight is 1860 g/mol. The Morgan fingerprint density at radius 1 is 0.343 bits per heavy atom. The number of rotatable bonds is 26. The van der Waals surface area contributed by atoms with Crippen molar-refractivity contribution in [1.29, 1.82) is 0 Å². The Kier molecular flexibility index (Phi) is 25.6. The monoisotopic (exact) mass is 1860 g/mol. The molecule has 0 saturated carbocycles. The van der Waals surface area contributed by atoms with Crippen LogP contribution in [0.2, 0.25) is 0 Å². The summed E-state index contributed by atoms with van der Waals surface area (Å²) in [5.74, 6) is 0.209. The quantitative estimate of drug-likeness (QED) is 0.0138. The zero-order valence-electron chi connectivity index (χ0n) is 74.6. The summed E-state index contributed by atoms with van der Waals surface area (Å²) in [4.78, 5) is 103. The fourth-order valence-electron chi connectivity index (χ4n) is 13.0. The molecule has 0 aliphatic rings. The van der Waals surface area contributed by atoms with E-state index in [1.165, 1.54) is 115 Å². The van der Waals surface area contributed by atoms with Crippen molar-refractivity contribution >= 4 is 139 Å². The van der Waals surface area contributed by atoms with Gasteiger partial charge in [0.1, 0.15) is 23.8 Å². The number of benzene rings is 2. The van der Waals surface area contributed by atoms with Crippen molar-refractivity contribution in [3.8, 4) is 41.2 Å². The van der Waals surface area contributed by atoms with Crippen LogP contribution in [0.4, 0.5) is 104 Å². The number of nitrogen functional groups attached to an aromatic ring is 6. The largest absolute Gasteiger partial charge is 0.479 e. The molecule has 15 aromatic heterocycles. The van der Waals surface area contributed by atoms with Gasteiger partial charge in [-0.05, 0) is 55.4 Å². The number of ketones is 4. The third-order valence-electron chi connectivity index (χ3n) is 20.0. The molecule has 0 aliphatic heterocycles. The van der Waals surface area contributed by atoms with Crippen LogP contribution in [0.25, 0.3) is 35.2 Å². The Hall–Kier alpha value is -20.0. The van der Waals surface area contributed by atoms with Gasteiger partial charge in [-0.1, -0.05) is 60.7 Å². The summed E-state index contributed by atoms with van der Waals surface area (Å²) in [6.07, 6.45) is 10.8. The molecule has 2 aromatic carbocycles. The van der Waals surface area contributed by atoms with Gasteiger partial charge in [-0.2, -0.15) is 104 Å². The van der Waals surface area contributed by atoms with Crippen molar-refractivity contribution < 1.29 is 43.3 Å². The fraction of sp³-hybridized carbons (Fsp3) is 0.177. The van der Waals surface area contributed by atoms with Crippen LogP contribution in [0.1, 0.15) is 121 Å². The van der Waals surface area contributed by atoms with Gasteiger partial charge in [-0.15, -0.1) is 61.4 Å². The average Bonchev–Trinajstić information content (AvgIpc) is 1.64. The van der Waals surface area contributed by atoms with Crippen molar-refractivity contribution in [3.63, 3.8) is 0 Å². The standard InChI is InChI=1S/C34H30N16O2.C24H26N16O2.C21H21N17O5/c1-19-27(41-43-33-23(16-39-47(33)3)29(51)21-11-7-5-8-12-21)31(35)49(45-19)25-15-26(38-18-37-25)50-32(36)28(20(2)46-50)42-44-34-24(17-40-48(34)4)30(52)22-13-9-6-10-14-22;1-11-19(31-33-23-15(13(3)41)8-29-37(23)5)21(25)39(35-11)17-7-18(28-10-27-17)40-22(26)20(12(2)36-40)32-34-24-16(14(4)42)9-30-38(24)6;1-7-11(29-33-15-9(5-24-31-15)17(39)42-3)13(22)37(35-7)19-26-20(28-21(41)27-19)38-14(23)12(8(2)36-38)30-34-16-10(6-25-32-16)18(40)43-4/h5-18H,35-36H2,1-4H3;7-10H,25-26H2,1-6H3;5-6H,22-23H2,1-4H3,(H,24,31)(H,25,32)(H,26,27,28,41). The zero-order valence-corrected chi connectivity index (χ0v) is 74.6. The lowest BCUT2D eigenvalue weighted by Crippen LogP contribution is -2.13. The summed E-state index contributed by atoms with van der Waals surface area (Å²) >= 11 is 0. The zero-order chi connectivity index (χ0) is 97.6. The second kappa shape index (κ2) is 38.3. The Labute approximate surface area is 768 Å². The molecule has 0 unspecified atom stereocenters. The maximum atomic E-state index is 13.1. The minimum atomic E-state index is -0.702. The SMILES string of the molecule is CC(=O)c1cnn(C)c1N=Nc1c(C)nn(-c2cc(-n3nc(C)c(N=Nc4c(C(C)=O)cnn4C)c3N)ncn2)c1N.COC(=O)c1cn[nH]c1N=Nc1c(C)nn(-c2nc(O)nc(-n3nc(C)c(N=Nc4[nH]ncc4C(=O)OC)c3N)n2)c1N.Cc1nn(-c2cc(-n3nc(C)c(N=Nc4c(C(=O)c5ccccc5)cnn4C)c3N)ncn2)c(N)c1N=Nc1c(C(=O)c2ccccc2)cnn1C. The van der Waals surface area contributed by atoms with Crippen molar-refractivity contribution in [2.45, 2.75) is 55.4 Å². The third kappa shape index (κ3) is 18.4. The Morgan fingerprint density at radius 3 is 0.891 bits per heavy atom. The van der Waals surface area contributed by atoms with Gasteiger partial charge in [0.25, 0.3) is 11.9 Å². The van der Waals surface area contributed by atoms with Crippen molar-refractivity contribution in [2.24, 2.45) is 89.6 Å². The van der Waals surface area contributed by atoms with Crippen LogP contribution in [-0.4, -0.2) is 207 Å². The number of Topliss-reactive ketones (excluding diaryl/α,β-unsaturated/α-hetero) is 2. The molecule has 137 heavy (non-hydrogen) atoms. The van der Waals surface area contributed by atoms with E-state index in [0.29, 0.717) is 91.1 Å². The lowest BCUT2D eigenvalue weighted by molar-refractivity contribution is 0.0592. The number of methoxy groups -OCH3 is 2. The molecule has 17 aromatic rings. The van der Waals surface area contributed by atoms with E-state index in [1.54, 1.807) is 130 Å². The van der Waals surface area contributed by atoms with Gasteiger partial charge in [-0.3, -0.25) is 29.4 Å². The van der Waals surface area contributed by atoms with Crippen LogP contribution < -0.4 is 34.4 Å². The molecule has 0 saturated heterocycles. The number of hydrogen-bond acceptors (Lipinski definition) is 46. The predicted octanol–water partition coefficient (Wildman–Crippen LogP) is 10.3. The van der Waals surface area contributed by atoms with E-state index in [2.05, 4.69) is 177 Å². The number of nitrogens with zero attached hydrogens (tertiary/aromatic N) is 41.